The van der Waals surface area contributed by atoms with Gasteiger partial charge >= 0.3 is 12.1 Å². The Morgan fingerprint density at radius 1 is 1.20 bits per heavy atom. The zero-order valence-electron chi connectivity index (χ0n) is 11.9. The maximum absolute atomic E-state index is 11.5. The molecule has 6 heteroatoms. The van der Waals surface area contributed by atoms with E-state index in [0.29, 0.717) is 19.6 Å². The van der Waals surface area contributed by atoms with Crippen LogP contribution in [0.1, 0.15) is 44.9 Å². The molecule has 0 aromatic heterocycles. The summed E-state index contributed by atoms with van der Waals surface area (Å²) in [6.45, 7) is 1.23. The highest BCUT2D eigenvalue weighted by Crippen LogP contribution is 2.41. The van der Waals surface area contributed by atoms with Gasteiger partial charge in [-0.3, -0.25) is 4.79 Å². The number of carbonyl (C=O) groups excluding carboxylic acids is 2. The Bertz CT molecular complexity index is 348. The first-order valence-electron chi connectivity index (χ1n) is 7.23. The van der Waals surface area contributed by atoms with Crippen molar-refractivity contribution in [3.05, 3.63) is 0 Å². The quantitative estimate of drug-likeness (QED) is 0.586. The Morgan fingerprint density at radius 2 is 1.95 bits per heavy atom. The molecule has 2 rings (SSSR count). The predicted molar refractivity (Wildman–Crippen MR) is 68.9 cm³/mol. The molecule has 6 nitrogen and oxygen atoms in total. The number of methoxy groups -OCH3 is 1. The minimum absolute atomic E-state index is 0.175. The first kappa shape index (κ1) is 15.3. The van der Waals surface area contributed by atoms with Crippen molar-refractivity contribution in [1.29, 1.82) is 0 Å². The summed E-state index contributed by atoms with van der Waals surface area (Å²) in [5, 5.41) is 0. The lowest BCUT2D eigenvalue weighted by molar-refractivity contribution is -0.201. The van der Waals surface area contributed by atoms with Crippen molar-refractivity contribution in [1.82, 2.24) is 0 Å². The lowest BCUT2D eigenvalue weighted by Gasteiger charge is -2.34. The van der Waals surface area contributed by atoms with E-state index >= 15 is 0 Å². The molecule has 114 valence electrons. The van der Waals surface area contributed by atoms with Crippen LogP contribution in [0.3, 0.4) is 0 Å². The third-order valence-corrected chi connectivity index (χ3v) is 4.04. The molecule has 1 spiro atoms. The highest BCUT2D eigenvalue weighted by Gasteiger charge is 2.44. The summed E-state index contributed by atoms with van der Waals surface area (Å²) in [5.74, 6) is -0.908. The second-order valence-electron chi connectivity index (χ2n) is 5.27. The normalized spacial score (nSPS) is 25.1. The van der Waals surface area contributed by atoms with E-state index in [1.54, 1.807) is 0 Å². The van der Waals surface area contributed by atoms with Crippen LogP contribution < -0.4 is 0 Å². The van der Waals surface area contributed by atoms with Crippen molar-refractivity contribution in [2.24, 2.45) is 5.92 Å². The molecule has 1 saturated heterocycles. The highest BCUT2D eigenvalue weighted by molar-refractivity contribution is 5.81. The Kier molecular flexibility index (Phi) is 5.37. The van der Waals surface area contributed by atoms with Crippen LogP contribution in [0.25, 0.3) is 0 Å². The lowest BCUT2D eigenvalue weighted by atomic mass is 9.89. The van der Waals surface area contributed by atoms with Crippen LogP contribution >= 0.6 is 0 Å². The molecule has 0 bridgehead atoms. The molecule has 1 unspecified atom stereocenters. The van der Waals surface area contributed by atoms with Gasteiger partial charge in [0.1, 0.15) is 0 Å². The van der Waals surface area contributed by atoms with E-state index in [1.807, 2.05) is 0 Å². The summed E-state index contributed by atoms with van der Waals surface area (Å²) < 4.78 is 20.5. The fourth-order valence-electron chi connectivity index (χ4n) is 3.06. The van der Waals surface area contributed by atoms with Crippen LogP contribution in [0.2, 0.25) is 0 Å². The minimum Gasteiger partial charge on any atom is -0.437 e. The van der Waals surface area contributed by atoms with Crippen LogP contribution in [-0.4, -0.2) is 38.2 Å². The molecule has 1 atom stereocenters. The summed E-state index contributed by atoms with van der Waals surface area (Å²) in [5.41, 5.74) is 0. The van der Waals surface area contributed by atoms with E-state index < -0.39 is 17.9 Å². The molecule has 0 N–H and O–H groups in total. The first-order chi connectivity index (χ1) is 9.66. The molecule has 0 amide bonds. The predicted octanol–water partition coefficient (Wildman–Crippen LogP) is 2.40. The summed E-state index contributed by atoms with van der Waals surface area (Å²) in [6.07, 6.45) is 5.05. The monoisotopic (exact) mass is 286 g/mol. The highest BCUT2D eigenvalue weighted by atomic mass is 16.7. The van der Waals surface area contributed by atoms with Gasteiger partial charge < -0.3 is 18.9 Å². The van der Waals surface area contributed by atoms with Gasteiger partial charge in [-0.25, -0.2) is 4.79 Å². The van der Waals surface area contributed by atoms with Gasteiger partial charge in [0.25, 0.3) is 0 Å². The van der Waals surface area contributed by atoms with E-state index in [4.69, 9.17) is 9.47 Å². The number of esters is 1. The number of carbonyl (C=O) groups is 2. The van der Waals surface area contributed by atoms with Gasteiger partial charge in [0.15, 0.2) is 5.79 Å². The number of hydrogen-bond acceptors (Lipinski definition) is 6. The molecule has 1 heterocycles. The van der Waals surface area contributed by atoms with E-state index in [-0.39, 0.29) is 12.3 Å². The molecular weight excluding hydrogens is 264 g/mol. The van der Waals surface area contributed by atoms with Crippen LogP contribution in [0.15, 0.2) is 0 Å². The average Bonchev–Trinajstić information content (AvgIpc) is 2.81. The van der Waals surface area contributed by atoms with E-state index in [1.165, 1.54) is 7.11 Å². The fraction of sp³-hybridized carbons (Fsp3) is 0.857. The largest absolute Gasteiger partial charge is 0.515 e. The number of rotatable bonds is 3. The smallest absolute Gasteiger partial charge is 0.437 e. The maximum Gasteiger partial charge on any atom is 0.515 e. The fourth-order valence-corrected chi connectivity index (χ4v) is 3.06. The van der Waals surface area contributed by atoms with Gasteiger partial charge in [-0.05, 0) is 19.3 Å². The van der Waals surface area contributed by atoms with Crippen molar-refractivity contribution in [2.45, 2.75) is 50.7 Å². The SMILES string of the molecule is COC(=O)OC(=O)CCC1CCCCCC12OCCO2. The molecule has 1 aliphatic heterocycles. The molecule has 1 saturated carbocycles. The lowest BCUT2D eigenvalue weighted by Crippen LogP contribution is -2.38. The first-order valence-corrected chi connectivity index (χ1v) is 7.23. The Balaban J connectivity index is 1.88. The van der Waals surface area contributed by atoms with Crippen LogP contribution in [0, 0.1) is 5.92 Å². The summed E-state index contributed by atoms with van der Waals surface area (Å²) in [4.78, 5) is 22.4. The maximum atomic E-state index is 11.5. The van der Waals surface area contributed by atoms with Gasteiger partial charge in [0.2, 0.25) is 0 Å². The molecular formula is C14H22O6. The van der Waals surface area contributed by atoms with Crippen LogP contribution in [0.4, 0.5) is 4.79 Å². The molecule has 1 aliphatic carbocycles. The second kappa shape index (κ2) is 7.04. The zero-order chi connectivity index (χ0) is 14.4. The number of hydrogen-bond donors (Lipinski definition) is 0. The van der Waals surface area contributed by atoms with Gasteiger partial charge in [0.05, 0.1) is 20.3 Å². The standard InChI is InChI=1S/C14H22O6/c1-17-13(16)20-12(15)7-6-11-5-3-2-4-8-14(11)18-9-10-19-14/h11H,2-10H2,1H3. The minimum atomic E-state index is -0.959. The molecule has 0 aromatic carbocycles. The third-order valence-electron chi connectivity index (χ3n) is 4.04. The van der Waals surface area contributed by atoms with E-state index in [0.717, 1.165) is 32.1 Å². The van der Waals surface area contributed by atoms with E-state index in [2.05, 4.69) is 9.47 Å². The van der Waals surface area contributed by atoms with Gasteiger partial charge in [0, 0.05) is 18.8 Å². The number of ether oxygens (including phenoxy) is 4. The van der Waals surface area contributed by atoms with Crippen LogP contribution in [-0.2, 0) is 23.7 Å². The van der Waals surface area contributed by atoms with Crippen molar-refractivity contribution in [3.63, 3.8) is 0 Å². The third kappa shape index (κ3) is 3.70. The Morgan fingerprint density at radius 3 is 2.65 bits per heavy atom. The Hall–Kier alpha value is -1.14. The zero-order valence-corrected chi connectivity index (χ0v) is 11.9. The van der Waals surface area contributed by atoms with Gasteiger partial charge in [-0.1, -0.05) is 12.8 Å². The molecule has 2 fully saturated rings. The van der Waals surface area contributed by atoms with E-state index in [9.17, 15) is 9.59 Å². The van der Waals surface area contributed by atoms with Crippen molar-refractivity contribution < 1.29 is 28.5 Å². The topological polar surface area (TPSA) is 71.1 Å². The van der Waals surface area contributed by atoms with Crippen molar-refractivity contribution in [3.8, 4) is 0 Å². The van der Waals surface area contributed by atoms with Gasteiger partial charge in [-0.15, -0.1) is 0 Å². The van der Waals surface area contributed by atoms with Crippen molar-refractivity contribution in [2.75, 3.05) is 20.3 Å². The average molecular weight is 286 g/mol. The van der Waals surface area contributed by atoms with Crippen molar-refractivity contribution >= 4 is 12.1 Å². The Labute approximate surface area is 118 Å². The molecule has 2 aliphatic rings. The van der Waals surface area contributed by atoms with Gasteiger partial charge in [-0.2, -0.15) is 0 Å². The molecule has 0 aromatic rings. The summed E-state index contributed by atoms with van der Waals surface area (Å²) in [6, 6.07) is 0. The van der Waals surface area contributed by atoms with Crippen LogP contribution in [0.5, 0.6) is 0 Å². The summed E-state index contributed by atoms with van der Waals surface area (Å²) in [7, 11) is 1.18. The second-order valence-corrected chi connectivity index (χ2v) is 5.27. The molecule has 0 radical (unpaired) electrons. The summed E-state index contributed by atoms with van der Waals surface area (Å²) >= 11 is 0. The molecule has 20 heavy (non-hydrogen) atoms.